The summed E-state index contributed by atoms with van der Waals surface area (Å²) < 4.78 is 13.8. The van der Waals surface area contributed by atoms with Crippen molar-refractivity contribution in [2.45, 2.75) is 18.4 Å². The maximum Gasteiger partial charge on any atom is 0.527 e. The number of rotatable bonds is 6. The lowest BCUT2D eigenvalue weighted by Gasteiger charge is -2.22. The third-order valence-electron chi connectivity index (χ3n) is 1.47. The molecule has 5 N–H and O–H groups in total. The van der Waals surface area contributed by atoms with Gasteiger partial charge in [0.25, 0.3) is 0 Å². The van der Waals surface area contributed by atoms with E-state index in [0.717, 1.165) is 0 Å². The van der Waals surface area contributed by atoms with E-state index < -0.39 is 44.2 Å². The van der Waals surface area contributed by atoms with Crippen molar-refractivity contribution >= 4 is 25.7 Å². The lowest BCUT2D eigenvalue weighted by molar-refractivity contribution is -0.169. The van der Waals surface area contributed by atoms with E-state index in [1.165, 1.54) is 0 Å². The molecule has 10 nitrogen and oxygen atoms in total. The maximum atomic E-state index is 11.1. The van der Waals surface area contributed by atoms with Crippen LogP contribution in [0.4, 0.5) is 0 Å². The van der Waals surface area contributed by atoms with Crippen molar-refractivity contribution in [2.75, 3.05) is 0 Å². The predicted molar refractivity (Wildman–Crippen MR) is 47.6 cm³/mol. The Hall–Kier alpha value is -1.48. The molecule has 0 atom stereocenters. The Kier molecular flexibility index (Phi) is 4.78. The van der Waals surface area contributed by atoms with Gasteiger partial charge >= 0.3 is 25.7 Å². The molecule has 0 aromatic heterocycles. The van der Waals surface area contributed by atoms with Gasteiger partial charge in [0.1, 0.15) is 0 Å². The van der Waals surface area contributed by atoms with Crippen LogP contribution in [0, 0.1) is 0 Å². The first-order valence-electron chi connectivity index (χ1n) is 3.92. The SMILES string of the molecule is O=C(O)CC(O)(CC(=O)O)C(=O)OP(=O)(O)O. The highest BCUT2D eigenvalue weighted by atomic mass is 31.2. The zero-order valence-electron chi connectivity index (χ0n) is 8.14. The van der Waals surface area contributed by atoms with Gasteiger partial charge in [0.05, 0.1) is 12.8 Å². The van der Waals surface area contributed by atoms with Crippen molar-refractivity contribution in [1.82, 2.24) is 0 Å². The molecule has 0 saturated heterocycles. The van der Waals surface area contributed by atoms with Crippen LogP contribution in [0.5, 0.6) is 0 Å². The molecule has 17 heavy (non-hydrogen) atoms. The van der Waals surface area contributed by atoms with Gasteiger partial charge in [-0.15, -0.1) is 0 Å². The summed E-state index contributed by atoms with van der Waals surface area (Å²) >= 11 is 0. The molecular formula is C6H9O10P. The molecular weight excluding hydrogens is 263 g/mol. The minimum absolute atomic E-state index is 1.36. The second-order valence-corrected chi connectivity index (χ2v) is 4.21. The number of carbonyl (C=O) groups excluding carboxylic acids is 1. The van der Waals surface area contributed by atoms with Crippen LogP contribution < -0.4 is 0 Å². The largest absolute Gasteiger partial charge is 0.527 e. The first-order chi connectivity index (χ1) is 7.46. The fourth-order valence-electron chi connectivity index (χ4n) is 0.900. The van der Waals surface area contributed by atoms with Crippen molar-refractivity contribution in [3.05, 3.63) is 0 Å². The van der Waals surface area contributed by atoms with E-state index in [0.29, 0.717) is 0 Å². The molecule has 0 fully saturated rings. The molecule has 0 unspecified atom stereocenters. The van der Waals surface area contributed by atoms with Crippen LogP contribution >= 0.6 is 7.82 Å². The highest BCUT2D eigenvalue weighted by Crippen LogP contribution is 2.38. The third-order valence-corrected chi connectivity index (χ3v) is 1.87. The monoisotopic (exact) mass is 272 g/mol. The fourth-order valence-corrected chi connectivity index (χ4v) is 1.29. The van der Waals surface area contributed by atoms with Gasteiger partial charge in [0, 0.05) is 0 Å². The van der Waals surface area contributed by atoms with E-state index in [4.69, 9.17) is 20.0 Å². The Bertz CT molecular complexity index is 364. The van der Waals surface area contributed by atoms with Crippen LogP contribution in [0.1, 0.15) is 12.8 Å². The van der Waals surface area contributed by atoms with Crippen molar-refractivity contribution in [1.29, 1.82) is 0 Å². The topological polar surface area (TPSA) is 179 Å². The molecule has 0 saturated carbocycles. The molecule has 0 aromatic carbocycles. The minimum Gasteiger partial charge on any atom is -0.481 e. The lowest BCUT2D eigenvalue weighted by atomic mass is 9.96. The normalized spacial score (nSPS) is 11.9. The van der Waals surface area contributed by atoms with Gasteiger partial charge in [-0.25, -0.2) is 9.36 Å². The summed E-state index contributed by atoms with van der Waals surface area (Å²) in [6, 6.07) is 0. The Morgan fingerprint density at radius 2 is 1.41 bits per heavy atom. The van der Waals surface area contributed by atoms with Crippen LogP contribution in [0.25, 0.3) is 0 Å². The van der Waals surface area contributed by atoms with Gasteiger partial charge in [0.15, 0.2) is 5.60 Å². The molecule has 0 spiro atoms. The molecule has 0 aliphatic carbocycles. The number of hydrogen-bond acceptors (Lipinski definition) is 6. The molecule has 0 bridgehead atoms. The Balaban J connectivity index is 5.03. The average molecular weight is 272 g/mol. The molecule has 0 aromatic rings. The second kappa shape index (κ2) is 5.23. The van der Waals surface area contributed by atoms with Crippen LogP contribution in [0.15, 0.2) is 0 Å². The van der Waals surface area contributed by atoms with E-state index >= 15 is 0 Å². The fraction of sp³-hybridized carbons (Fsp3) is 0.500. The Labute approximate surface area is 93.7 Å². The number of phosphoric ester groups is 1. The zero-order chi connectivity index (χ0) is 13.9. The van der Waals surface area contributed by atoms with Gasteiger partial charge in [-0.05, 0) is 0 Å². The summed E-state index contributed by atoms with van der Waals surface area (Å²) in [5.41, 5.74) is -3.04. The molecule has 0 aliphatic heterocycles. The summed E-state index contributed by atoms with van der Waals surface area (Å²) in [5, 5.41) is 26.1. The van der Waals surface area contributed by atoms with E-state index in [-0.39, 0.29) is 0 Å². The summed E-state index contributed by atoms with van der Waals surface area (Å²) in [5.74, 6) is -5.50. The van der Waals surface area contributed by atoms with E-state index in [1.54, 1.807) is 0 Å². The van der Waals surface area contributed by atoms with Crippen molar-refractivity contribution in [2.24, 2.45) is 0 Å². The Morgan fingerprint density at radius 1 is 1.06 bits per heavy atom. The highest BCUT2D eigenvalue weighted by molar-refractivity contribution is 7.46. The van der Waals surface area contributed by atoms with Gasteiger partial charge in [-0.3, -0.25) is 19.4 Å². The number of hydrogen-bond donors (Lipinski definition) is 5. The van der Waals surface area contributed by atoms with E-state index in [1.807, 2.05) is 0 Å². The van der Waals surface area contributed by atoms with Gasteiger partial charge in [-0.1, -0.05) is 0 Å². The van der Waals surface area contributed by atoms with Gasteiger partial charge in [-0.2, -0.15) is 0 Å². The third kappa shape index (κ3) is 5.97. The zero-order valence-corrected chi connectivity index (χ0v) is 9.03. The minimum atomic E-state index is -5.30. The van der Waals surface area contributed by atoms with Crippen molar-refractivity contribution in [3.63, 3.8) is 0 Å². The molecule has 0 amide bonds. The number of aliphatic carboxylic acids is 2. The number of aliphatic hydroxyl groups is 1. The summed E-state index contributed by atoms with van der Waals surface area (Å²) in [7, 11) is -5.30. The quantitative estimate of drug-likeness (QED) is 0.350. The lowest BCUT2D eigenvalue weighted by Crippen LogP contribution is -2.43. The van der Waals surface area contributed by atoms with Gasteiger partial charge < -0.3 is 19.8 Å². The van der Waals surface area contributed by atoms with Crippen LogP contribution in [0.3, 0.4) is 0 Å². The molecule has 11 heteroatoms. The summed E-state index contributed by atoms with van der Waals surface area (Å²) in [4.78, 5) is 48.2. The summed E-state index contributed by atoms with van der Waals surface area (Å²) in [6.07, 6.45) is -2.73. The van der Waals surface area contributed by atoms with Crippen molar-refractivity contribution < 1.29 is 48.6 Å². The first-order valence-corrected chi connectivity index (χ1v) is 5.45. The molecule has 98 valence electrons. The number of carbonyl (C=O) groups is 3. The van der Waals surface area contributed by atoms with Gasteiger partial charge in [0.2, 0.25) is 0 Å². The highest BCUT2D eigenvalue weighted by Gasteiger charge is 2.45. The molecule has 0 radical (unpaired) electrons. The number of phosphoric acid groups is 1. The molecule has 0 aliphatic rings. The molecule has 0 rings (SSSR count). The summed E-state index contributed by atoms with van der Waals surface area (Å²) in [6.45, 7) is 0. The predicted octanol–water partition coefficient (Wildman–Crippen LogP) is -1.70. The smallest absolute Gasteiger partial charge is 0.481 e. The van der Waals surface area contributed by atoms with E-state index in [9.17, 15) is 24.1 Å². The van der Waals surface area contributed by atoms with Crippen LogP contribution in [0.2, 0.25) is 0 Å². The Morgan fingerprint density at radius 3 is 1.65 bits per heavy atom. The van der Waals surface area contributed by atoms with Crippen LogP contribution in [-0.4, -0.2) is 48.6 Å². The molecule has 0 heterocycles. The van der Waals surface area contributed by atoms with E-state index in [2.05, 4.69) is 4.52 Å². The van der Waals surface area contributed by atoms with Crippen LogP contribution in [-0.2, 0) is 23.5 Å². The number of carboxylic acid groups (broad SMARTS) is 2. The van der Waals surface area contributed by atoms with Crippen molar-refractivity contribution in [3.8, 4) is 0 Å². The first kappa shape index (κ1) is 15.5. The number of carboxylic acids is 2. The maximum absolute atomic E-state index is 11.1. The second-order valence-electron chi connectivity index (χ2n) is 3.04. The standard InChI is InChI=1S/C6H9O10P/c7-3(8)1-6(12,2-4(9)10)5(11)16-17(13,14)15/h12H,1-2H2,(H,7,8)(H,9,10)(H2,13,14,15). The average Bonchev–Trinajstić information content (AvgIpc) is 1.96.